The summed E-state index contributed by atoms with van der Waals surface area (Å²) in [5.74, 6) is -0.0318. The SMILES string of the molecule is CCOC(=O)Cc1ccc(OC2CCN(CC(O)(c3cn(Cc4ccc(F)cc4)c4cc([N+](=O)[O-])ccc34)C(F)(F)F)CC2)c(OC)c1. The molecule has 1 unspecified atom stereocenters. The van der Waals surface area contributed by atoms with Crippen LogP contribution in [-0.4, -0.2) is 71.1 Å². The van der Waals surface area contributed by atoms with E-state index >= 15 is 0 Å². The van der Waals surface area contributed by atoms with Gasteiger partial charge in [-0.25, -0.2) is 4.39 Å². The average molecular weight is 674 g/mol. The molecule has 1 atom stereocenters. The number of carbonyl (C=O) groups excluding carboxylic acids is 1. The summed E-state index contributed by atoms with van der Waals surface area (Å²) in [5, 5.41) is 23.0. The number of aliphatic hydroxyl groups is 1. The highest BCUT2D eigenvalue weighted by Gasteiger charge is 2.57. The van der Waals surface area contributed by atoms with Crippen LogP contribution in [0.5, 0.6) is 11.5 Å². The second-order valence-corrected chi connectivity index (χ2v) is 11.7. The fraction of sp³-hybridized carbons (Fsp3) is 0.382. The number of piperidine rings is 1. The molecule has 1 aromatic heterocycles. The highest BCUT2D eigenvalue weighted by molar-refractivity contribution is 5.87. The van der Waals surface area contributed by atoms with Gasteiger partial charge in [-0.05, 0) is 61.2 Å². The van der Waals surface area contributed by atoms with E-state index in [4.69, 9.17) is 14.2 Å². The van der Waals surface area contributed by atoms with Crippen molar-refractivity contribution in [3.63, 3.8) is 0 Å². The van der Waals surface area contributed by atoms with Gasteiger partial charge in [-0.2, -0.15) is 13.2 Å². The number of non-ortho nitro benzene ring substituents is 1. The van der Waals surface area contributed by atoms with Gasteiger partial charge in [0.25, 0.3) is 5.69 Å². The van der Waals surface area contributed by atoms with Crippen molar-refractivity contribution in [1.29, 1.82) is 0 Å². The summed E-state index contributed by atoms with van der Waals surface area (Å²) in [6, 6.07) is 13.9. The normalized spacial score (nSPS) is 15.6. The number of methoxy groups -OCH3 is 1. The van der Waals surface area contributed by atoms with E-state index < -0.39 is 34.6 Å². The Morgan fingerprint density at radius 3 is 2.33 bits per heavy atom. The predicted molar refractivity (Wildman–Crippen MR) is 167 cm³/mol. The Hall–Kier alpha value is -4.69. The number of aromatic nitrogens is 1. The van der Waals surface area contributed by atoms with Crippen LogP contribution in [0, 0.1) is 15.9 Å². The lowest BCUT2D eigenvalue weighted by Gasteiger charge is -2.39. The number of β-amino-alcohol motifs (C(OH)–C–C–N with tert-alkyl or cyclic N) is 1. The van der Waals surface area contributed by atoms with Crippen molar-refractivity contribution in [3.05, 3.63) is 99.5 Å². The van der Waals surface area contributed by atoms with Gasteiger partial charge in [-0.1, -0.05) is 18.2 Å². The van der Waals surface area contributed by atoms with E-state index in [0.29, 0.717) is 35.5 Å². The largest absolute Gasteiger partial charge is 0.493 e. The molecule has 0 bridgehead atoms. The van der Waals surface area contributed by atoms with Gasteiger partial charge in [0.2, 0.25) is 5.60 Å². The van der Waals surface area contributed by atoms with Crippen molar-refractivity contribution < 1.29 is 46.6 Å². The summed E-state index contributed by atoms with van der Waals surface area (Å²) < 4.78 is 76.0. The van der Waals surface area contributed by atoms with Crippen molar-refractivity contribution >= 4 is 22.6 Å². The zero-order valence-corrected chi connectivity index (χ0v) is 26.3. The zero-order chi connectivity index (χ0) is 34.6. The van der Waals surface area contributed by atoms with Crippen LogP contribution in [0.1, 0.15) is 36.5 Å². The molecule has 48 heavy (non-hydrogen) atoms. The number of rotatable bonds is 12. The smallest absolute Gasteiger partial charge is 0.422 e. The predicted octanol–water partition coefficient (Wildman–Crippen LogP) is 6.14. The summed E-state index contributed by atoms with van der Waals surface area (Å²) in [6.45, 7) is 1.57. The van der Waals surface area contributed by atoms with Gasteiger partial charge in [0.05, 0.1) is 30.6 Å². The molecule has 0 amide bonds. The van der Waals surface area contributed by atoms with E-state index in [2.05, 4.69) is 0 Å². The number of nitrogens with zero attached hydrogens (tertiary/aromatic N) is 3. The minimum absolute atomic E-state index is 0.0120. The summed E-state index contributed by atoms with van der Waals surface area (Å²) in [6.07, 6.45) is -3.50. The van der Waals surface area contributed by atoms with E-state index in [9.17, 15) is 37.6 Å². The first-order chi connectivity index (χ1) is 22.8. The second-order valence-electron chi connectivity index (χ2n) is 11.7. The summed E-state index contributed by atoms with van der Waals surface area (Å²) >= 11 is 0. The molecule has 2 heterocycles. The number of esters is 1. The first kappa shape index (κ1) is 34.6. The maximum Gasteiger partial charge on any atom is 0.422 e. The Labute approximate surface area is 273 Å². The van der Waals surface area contributed by atoms with Crippen LogP contribution < -0.4 is 9.47 Å². The number of hydrogen-bond donors (Lipinski definition) is 1. The van der Waals surface area contributed by atoms with Crippen molar-refractivity contribution in [1.82, 2.24) is 9.47 Å². The van der Waals surface area contributed by atoms with Crippen LogP contribution in [0.25, 0.3) is 10.9 Å². The van der Waals surface area contributed by atoms with Gasteiger partial charge in [0, 0.05) is 55.5 Å². The van der Waals surface area contributed by atoms with Crippen molar-refractivity contribution in [2.24, 2.45) is 0 Å². The summed E-state index contributed by atoms with van der Waals surface area (Å²) in [4.78, 5) is 24.2. The number of hydrogen-bond acceptors (Lipinski definition) is 8. The Morgan fingerprint density at radius 2 is 1.71 bits per heavy atom. The Morgan fingerprint density at radius 1 is 1.02 bits per heavy atom. The molecule has 14 heteroatoms. The standard InChI is InChI=1S/C34H35F4N3O7/c1-3-47-32(42)17-23-6-11-30(31(16-23)46-2)48-26-12-14-39(15-13-26)21-33(43,34(36,37)38)28-20-40(19-22-4-7-24(35)8-5-22)29-18-25(41(44)45)9-10-27(28)29/h4-11,16,18,20,26,43H,3,12-15,17,19,21H2,1-2H3. The monoisotopic (exact) mass is 673 g/mol. The fourth-order valence-electron chi connectivity index (χ4n) is 5.95. The number of likely N-dealkylation sites (tertiary alicyclic amines) is 1. The van der Waals surface area contributed by atoms with Crippen LogP contribution in [-0.2, 0) is 28.1 Å². The van der Waals surface area contributed by atoms with Crippen LogP contribution >= 0.6 is 0 Å². The molecule has 0 radical (unpaired) electrons. The molecule has 1 aliphatic rings. The van der Waals surface area contributed by atoms with Gasteiger partial charge in [0.1, 0.15) is 11.9 Å². The van der Waals surface area contributed by atoms with E-state index in [-0.39, 0.29) is 61.3 Å². The molecular formula is C34H35F4N3O7. The molecule has 1 fully saturated rings. The van der Waals surface area contributed by atoms with E-state index in [1.807, 2.05) is 0 Å². The maximum atomic E-state index is 14.9. The number of alkyl halides is 3. The molecule has 1 aliphatic heterocycles. The van der Waals surface area contributed by atoms with Gasteiger partial charge >= 0.3 is 12.1 Å². The molecule has 1 N–H and O–H groups in total. The van der Waals surface area contributed by atoms with Crippen LogP contribution in [0.3, 0.4) is 0 Å². The topological polar surface area (TPSA) is 116 Å². The quantitative estimate of drug-likeness (QED) is 0.0825. The lowest BCUT2D eigenvalue weighted by molar-refractivity contribution is -0.384. The first-order valence-corrected chi connectivity index (χ1v) is 15.3. The van der Waals surface area contributed by atoms with Crippen molar-refractivity contribution in [3.8, 4) is 11.5 Å². The molecule has 0 spiro atoms. The van der Waals surface area contributed by atoms with Crippen molar-refractivity contribution in [2.75, 3.05) is 33.4 Å². The van der Waals surface area contributed by atoms with Gasteiger partial charge in [0.15, 0.2) is 11.5 Å². The highest BCUT2D eigenvalue weighted by atomic mass is 19.4. The molecule has 10 nitrogen and oxygen atoms in total. The molecule has 3 aromatic carbocycles. The maximum absolute atomic E-state index is 14.9. The third kappa shape index (κ3) is 7.55. The minimum atomic E-state index is -5.10. The Balaban J connectivity index is 1.35. The Bertz CT molecular complexity index is 1770. The minimum Gasteiger partial charge on any atom is -0.493 e. The molecule has 0 aliphatic carbocycles. The summed E-state index contributed by atoms with van der Waals surface area (Å²) in [5.41, 5.74) is -2.73. The number of ether oxygens (including phenoxy) is 3. The van der Waals surface area contributed by atoms with E-state index in [0.717, 1.165) is 6.07 Å². The number of carbonyl (C=O) groups is 1. The molecule has 0 saturated carbocycles. The van der Waals surface area contributed by atoms with E-state index in [1.165, 1.54) is 59.2 Å². The molecular weight excluding hydrogens is 638 g/mol. The molecule has 256 valence electrons. The van der Waals surface area contributed by atoms with E-state index in [1.54, 1.807) is 25.1 Å². The number of nitro groups is 1. The summed E-state index contributed by atoms with van der Waals surface area (Å²) in [7, 11) is 1.46. The lowest BCUT2D eigenvalue weighted by Crippen LogP contribution is -2.53. The molecule has 4 aromatic rings. The third-order valence-electron chi connectivity index (χ3n) is 8.42. The van der Waals surface area contributed by atoms with Crippen LogP contribution in [0.4, 0.5) is 23.2 Å². The lowest BCUT2D eigenvalue weighted by atomic mass is 9.91. The Kier molecular flexibility index (Phi) is 10.2. The fourth-order valence-corrected chi connectivity index (χ4v) is 5.95. The van der Waals surface area contributed by atoms with Gasteiger partial charge < -0.3 is 23.9 Å². The van der Waals surface area contributed by atoms with Crippen LogP contribution in [0.2, 0.25) is 0 Å². The van der Waals surface area contributed by atoms with Gasteiger partial charge in [-0.15, -0.1) is 0 Å². The van der Waals surface area contributed by atoms with Crippen molar-refractivity contribution in [2.45, 2.75) is 50.6 Å². The number of halogens is 4. The number of fused-ring (bicyclic) bond motifs is 1. The third-order valence-corrected chi connectivity index (χ3v) is 8.42. The zero-order valence-electron chi connectivity index (χ0n) is 26.3. The highest BCUT2D eigenvalue weighted by Crippen LogP contribution is 2.44. The van der Waals surface area contributed by atoms with Gasteiger partial charge in [-0.3, -0.25) is 19.8 Å². The second kappa shape index (κ2) is 14.2. The molecule has 5 rings (SSSR count). The first-order valence-electron chi connectivity index (χ1n) is 15.3. The average Bonchev–Trinajstić information content (AvgIpc) is 3.41. The number of nitro benzene ring substituents is 1. The molecule has 1 saturated heterocycles. The number of benzene rings is 3. The van der Waals surface area contributed by atoms with Crippen LogP contribution in [0.15, 0.2) is 66.9 Å².